The Balaban J connectivity index is 1.48. The number of rotatable bonds is 49. The number of carboxylic acid groups (broad SMARTS) is 3. The van der Waals surface area contributed by atoms with Gasteiger partial charge in [0.15, 0.2) is 35.0 Å². The Bertz CT molecular complexity index is 4380. The number of ether oxygens (including phenoxy) is 3. The van der Waals surface area contributed by atoms with E-state index in [0.29, 0.717) is 23.3 Å². The maximum Gasteiger partial charge on any atom is 0.305 e. The molecule has 1 unspecified atom stereocenters. The molecule has 2 aliphatic heterocycles. The third kappa shape index (κ3) is 28.5. The minimum absolute atomic E-state index is 0.00560. The van der Waals surface area contributed by atoms with Crippen molar-refractivity contribution in [2.24, 2.45) is 34.6 Å². The molecule has 44 nitrogen and oxygen atoms in total. The number of benzene rings is 3. The van der Waals surface area contributed by atoms with E-state index in [4.69, 9.17) is 59.1 Å². The van der Waals surface area contributed by atoms with Gasteiger partial charge in [-0.15, -0.1) is 0 Å². The molecule has 0 bridgehead atoms. The lowest BCUT2D eigenvalue weighted by Crippen LogP contribution is -2.66. The Morgan fingerprint density at radius 1 is 0.574 bits per heavy atom. The largest absolute Gasteiger partial charge is 0.497 e. The van der Waals surface area contributed by atoms with E-state index in [-0.39, 0.29) is 106 Å². The molecule has 29 N–H and O–H groups in total. The van der Waals surface area contributed by atoms with E-state index >= 15 is 24.0 Å². The SMILES string of the molecule is CC[C@H](C)[C@H](NC(=O)[C@H](CCCNC(=N)N)NC(=O)[C@H](C)N)C(=O)N[C@@H](C)C(=O)N[C@@H](CCCNC(=N)N)C(=O)NCC(=O)N[C@@H](CC(=O)O)C(=O)N[C@@H](Cc1ccccc1)C(=O)N1CCC[C@H]1C(=O)N[C@@H](CC(=O)O)C(=O)C(NC(=O)[C@H](CCCNC(=N)N)NC(=O)[C@@H](N)CC(=O)O)(C(C)=O)c1cc(OC)cc2c1C(C)(C)c1ccc(OC)cc1O2. The second-order valence-electron chi connectivity index (χ2n) is 30.1. The summed E-state index contributed by atoms with van der Waals surface area (Å²) in [4.78, 5) is 227. The lowest BCUT2D eigenvalue weighted by molar-refractivity contribution is -0.148. The fourth-order valence-electron chi connectivity index (χ4n) is 13.7. The molecule has 5 rings (SSSR count). The van der Waals surface area contributed by atoms with Gasteiger partial charge in [-0.05, 0) is 95.8 Å². The zero-order valence-electron chi connectivity index (χ0n) is 69.4. The van der Waals surface area contributed by atoms with Crippen molar-refractivity contribution < 1.29 is 106 Å². The number of carboxylic acids is 3. The molecule has 3 aromatic rings. The Morgan fingerprint density at radius 2 is 1.09 bits per heavy atom. The highest BCUT2D eigenvalue weighted by molar-refractivity contribution is 6.17. The van der Waals surface area contributed by atoms with Crippen molar-refractivity contribution in [2.45, 2.75) is 209 Å². The Hall–Kier alpha value is -13.3. The van der Waals surface area contributed by atoms with Crippen LogP contribution in [0, 0.1) is 22.1 Å². The molecule has 1 saturated heterocycles. The number of hydrogen-bond donors (Lipinski definition) is 24. The van der Waals surface area contributed by atoms with Gasteiger partial charge in [0.2, 0.25) is 65.0 Å². The van der Waals surface area contributed by atoms with Gasteiger partial charge >= 0.3 is 17.9 Å². The number of nitrogens with zero attached hydrogens (tertiary/aromatic N) is 1. The van der Waals surface area contributed by atoms with E-state index in [2.05, 4.69) is 69.1 Å². The van der Waals surface area contributed by atoms with Crippen LogP contribution in [-0.2, 0) is 94.1 Å². The Morgan fingerprint density at radius 3 is 1.62 bits per heavy atom. The number of nitrogens with one attached hydrogen (secondary N) is 16. The average molecular weight is 1710 g/mol. The van der Waals surface area contributed by atoms with E-state index in [1.54, 1.807) is 76.2 Å². The number of guanidine groups is 3. The zero-order valence-corrected chi connectivity index (χ0v) is 69.4. The first-order valence-corrected chi connectivity index (χ1v) is 39.3. The normalized spacial score (nSPS) is 16.1. The lowest BCUT2D eigenvalue weighted by Gasteiger charge is -2.42. The summed E-state index contributed by atoms with van der Waals surface area (Å²) >= 11 is 0. The predicted molar refractivity (Wildman–Crippen MR) is 438 cm³/mol. The molecule has 13 atom stereocenters. The van der Waals surface area contributed by atoms with Crippen LogP contribution in [0.3, 0.4) is 0 Å². The van der Waals surface area contributed by atoms with E-state index in [1.807, 2.05) is 0 Å². The van der Waals surface area contributed by atoms with Crippen LogP contribution in [0.5, 0.6) is 23.0 Å². The number of carbonyl (C=O) groups excluding carboxylic acids is 13. The number of fused-ring (bicyclic) bond motifs is 2. The van der Waals surface area contributed by atoms with Crippen LogP contribution in [0.15, 0.2) is 60.7 Å². The summed E-state index contributed by atoms with van der Waals surface area (Å²) in [6.07, 6.45) is -4.04. The topological polar surface area (TPSA) is 723 Å². The van der Waals surface area contributed by atoms with Gasteiger partial charge in [0.1, 0.15) is 77.4 Å². The smallest absolute Gasteiger partial charge is 0.305 e. The summed E-state index contributed by atoms with van der Waals surface area (Å²) < 4.78 is 17.7. The zero-order chi connectivity index (χ0) is 91.2. The van der Waals surface area contributed by atoms with Crippen LogP contribution in [0.25, 0.3) is 0 Å². The standard InChI is InChI=1S/C78H114N22O22/c1-10-38(2)62(98-68(114)49(93-64(110)39(3)79)21-15-27-88-75(83)84)72(118)91-40(4)65(111)94-48(20-14-26-87-74(81)82)67(113)90-37-57(102)92-52(36-60(107)108)69(115)97-53(30-42-18-12-11-13-19-42)73(119)100-29-17-23-54(100)71(117)96-51(35-59(105)106)63(109)78(41(5)101,99-70(116)50(22-16-28-89-76(85)86)95-66(112)47(80)34-58(103)104)46-31-44(121-9)33-56-61(46)77(6,7)45-25-24-43(120-8)32-55(45)122-56/h11-13,18-19,24-25,31-33,38-40,47-54,62H,10,14-17,20-23,26-30,34-37,79-80H2,1-9H3,(H,90,113)(H,91,118)(H,92,102)(H,93,110)(H,94,111)(H,95,112)(H,96,117)(H,97,115)(H,98,114)(H,99,116)(H,103,104)(H,105,106)(H,107,108)(H4,81,82,87)(H4,83,84,88)(H4,85,86,89)/t38-,39-,40-,47-,48-,49-,50-,51-,52-,53-,54-,62-,78?/m0/s1. The molecule has 44 heteroatoms. The van der Waals surface area contributed by atoms with Crippen molar-refractivity contribution in [3.8, 4) is 23.0 Å². The van der Waals surface area contributed by atoms with E-state index < -0.39 is 227 Å². The van der Waals surface area contributed by atoms with Crippen molar-refractivity contribution >= 4 is 112 Å². The summed E-state index contributed by atoms with van der Waals surface area (Å²) in [6, 6.07) is -2.52. The van der Waals surface area contributed by atoms with Crippen LogP contribution in [0.2, 0.25) is 0 Å². The highest BCUT2D eigenvalue weighted by Crippen LogP contribution is 2.53. The van der Waals surface area contributed by atoms with Crippen molar-refractivity contribution in [1.82, 2.24) is 74.0 Å². The summed E-state index contributed by atoms with van der Waals surface area (Å²) in [6.45, 7) is 9.05. The second kappa shape index (κ2) is 46.3. The van der Waals surface area contributed by atoms with Gasteiger partial charge in [-0.25, -0.2) is 0 Å². The molecule has 0 aromatic heterocycles. The Labute approximate surface area is 702 Å². The molecule has 0 aliphatic carbocycles. The van der Waals surface area contributed by atoms with Crippen LogP contribution < -0.4 is 112 Å². The monoisotopic (exact) mass is 1710 g/mol. The van der Waals surface area contributed by atoms with E-state index in [9.17, 15) is 68.1 Å². The molecule has 122 heavy (non-hydrogen) atoms. The highest BCUT2D eigenvalue weighted by Gasteiger charge is 2.55. The third-order valence-corrected chi connectivity index (χ3v) is 20.4. The first-order valence-electron chi connectivity index (χ1n) is 39.3. The summed E-state index contributed by atoms with van der Waals surface area (Å²) in [7, 11) is 2.63. The van der Waals surface area contributed by atoms with Gasteiger partial charge < -0.3 is 132 Å². The molecule has 0 saturated carbocycles. The van der Waals surface area contributed by atoms with E-state index in [0.717, 1.165) is 11.8 Å². The Kier molecular flexibility index (Phi) is 37.7. The van der Waals surface area contributed by atoms with Crippen molar-refractivity contribution in [3.05, 3.63) is 82.9 Å². The number of amides is 11. The van der Waals surface area contributed by atoms with Gasteiger partial charge in [-0.1, -0.05) is 70.5 Å². The molecule has 668 valence electrons. The van der Waals surface area contributed by atoms with Gasteiger partial charge in [-0.2, -0.15) is 0 Å². The van der Waals surface area contributed by atoms with Gasteiger partial charge in [0, 0.05) is 66.8 Å². The molecule has 1 fully saturated rings. The van der Waals surface area contributed by atoms with Crippen molar-refractivity contribution in [2.75, 3.05) is 46.9 Å². The molecular formula is C78H114N22O22. The van der Waals surface area contributed by atoms with Crippen LogP contribution in [-0.4, -0.2) is 246 Å². The van der Waals surface area contributed by atoms with Crippen LogP contribution in [0.1, 0.15) is 148 Å². The molecule has 0 spiro atoms. The number of nitrogens with two attached hydrogens (primary N) is 5. The molecule has 3 aromatic carbocycles. The quantitative estimate of drug-likeness (QED) is 0.0110. The molecular weight excluding hydrogens is 1600 g/mol. The van der Waals surface area contributed by atoms with Gasteiger partial charge in [0.25, 0.3) is 0 Å². The first-order chi connectivity index (χ1) is 57.4. The fourth-order valence-corrected chi connectivity index (χ4v) is 13.7. The molecule has 2 aliphatic rings. The predicted octanol–water partition coefficient (Wildman–Crippen LogP) is -4.21. The maximum atomic E-state index is 16.4. The second-order valence-corrected chi connectivity index (χ2v) is 30.1. The maximum absolute atomic E-state index is 16.4. The number of Topliss-reactive ketones (excluding diaryl/α,β-unsaturated/α-hetero) is 2. The minimum atomic E-state index is -3.17. The van der Waals surface area contributed by atoms with E-state index in [1.165, 1.54) is 40.2 Å². The minimum Gasteiger partial charge on any atom is -0.497 e. The number of hydrogen-bond acceptors (Lipinski definition) is 24. The molecule has 0 radical (unpaired) electrons. The summed E-state index contributed by atoms with van der Waals surface area (Å²) in [5, 5.41) is 85.4. The highest BCUT2D eigenvalue weighted by atomic mass is 16.5. The fraction of sp³-hybridized carbons (Fsp3) is 0.526. The summed E-state index contributed by atoms with van der Waals surface area (Å²) in [5.41, 5.74) is 24.0. The number of methoxy groups -OCH3 is 2. The lowest BCUT2D eigenvalue weighted by atomic mass is 9.67. The third-order valence-electron chi connectivity index (χ3n) is 20.4. The van der Waals surface area contributed by atoms with Crippen LogP contribution in [0.4, 0.5) is 0 Å². The number of carbonyl (C=O) groups is 16. The molecule has 2 heterocycles. The number of likely N-dealkylation sites (tertiary alicyclic amines) is 1. The van der Waals surface area contributed by atoms with Crippen molar-refractivity contribution in [3.63, 3.8) is 0 Å². The van der Waals surface area contributed by atoms with Crippen LogP contribution >= 0.6 is 0 Å². The van der Waals surface area contributed by atoms with Gasteiger partial charge in [-0.3, -0.25) is 92.9 Å². The van der Waals surface area contributed by atoms with Crippen molar-refractivity contribution in [1.29, 1.82) is 16.2 Å². The molecule has 11 amide bonds. The number of aliphatic carboxylic acids is 3. The van der Waals surface area contributed by atoms with Gasteiger partial charge in [0.05, 0.1) is 52.1 Å². The summed E-state index contributed by atoms with van der Waals surface area (Å²) in [5.74, 6) is -20.6. The number of ketones is 2. The first kappa shape index (κ1) is 99.3. The average Bonchev–Trinajstić information content (AvgIpc) is 0.943.